The van der Waals surface area contributed by atoms with Crippen LogP contribution in [0.5, 0.6) is 0 Å². The largest absolute Gasteiger partial charge is 0.462 e. The summed E-state index contributed by atoms with van der Waals surface area (Å²) in [5, 5.41) is 18.2. The zero-order chi connectivity index (χ0) is 26.3. The van der Waals surface area contributed by atoms with Crippen molar-refractivity contribution >= 4 is 11.9 Å². The van der Waals surface area contributed by atoms with Gasteiger partial charge in [-0.1, -0.05) is 70.0 Å². The molecule has 0 amide bonds. The van der Waals surface area contributed by atoms with E-state index in [1.165, 1.54) is 43.2 Å². The molecule has 6 nitrogen and oxygen atoms in total. The summed E-state index contributed by atoms with van der Waals surface area (Å²) in [6, 6.07) is 9.08. The van der Waals surface area contributed by atoms with Crippen LogP contribution in [0, 0.1) is 11.8 Å². The number of esters is 2. The van der Waals surface area contributed by atoms with Crippen LogP contribution in [-0.4, -0.2) is 48.6 Å². The lowest BCUT2D eigenvalue weighted by atomic mass is 9.74. The fraction of sp³-hybridized carbons (Fsp3) is 0.600. The van der Waals surface area contributed by atoms with Gasteiger partial charge in [0.2, 0.25) is 0 Å². The van der Waals surface area contributed by atoms with E-state index in [1.807, 2.05) is 0 Å². The summed E-state index contributed by atoms with van der Waals surface area (Å²) in [4.78, 5) is 24.0. The summed E-state index contributed by atoms with van der Waals surface area (Å²) in [5.74, 6) is -0.740. The van der Waals surface area contributed by atoms with Gasteiger partial charge in [0.05, 0.1) is 37.6 Å². The summed E-state index contributed by atoms with van der Waals surface area (Å²) in [6.07, 6.45) is 11.5. The van der Waals surface area contributed by atoms with Crippen LogP contribution in [0.25, 0.3) is 0 Å². The molecule has 1 saturated carbocycles. The minimum absolute atomic E-state index is 0.00693. The summed E-state index contributed by atoms with van der Waals surface area (Å²) in [5.41, 5.74) is 2.76. The Morgan fingerprint density at radius 1 is 0.861 bits per heavy atom. The Kier molecular flexibility index (Phi) is 13.5. The molecule has 2 N–H and O–H groups in total. The van der Waals surface area contributed by atoms with Gasteiger partial charge in [0.25, 0.3) is 0 Å². The zero-order valence-corrected chi connectivity index (χ0v) is 21.9. The van der Waals surface area contributed by atoms with Crippen molar-refractivity contribution in [3.05, 3.63) is 59.7 Å². The van der Waals surface area contributed by atoms with E-state index < -0.39 is 25.2 Å². The monoisotopic (exact) mass is 500 g/mol. The van der Waals surface area contributed by atoms with E-state index in [9.17, 15) is 9.59 Å². The molecule has 0 spiro atoms. The number of aryl methyl sites for hydroxylation is 1. The van der Waals surface area contributed by atoms with Crippen LogP contribution in [0.1, 0.15) is 81.8 Å². The Hall–Kier alpha value is -2.44. The van der Waals surface area contributed by atoms with Gasteiger partial charge in [0.15, 0.2) is 0 Å². The van der Waals surface area contributed by atoms with E-state index in [0.29, 0.717) is 5.92 Å². The second-order valence-corrected chi connectivity index (χ2v) is 10.00. The molecule has 0 aromatic heterocycles. The van der Waals surface area contributed by atoms with Gasteiger partial charge < -0.3 is 19.7 Å². The van der Waals surface area contributed by atoms with Crippen LogP contribution < -0.4 is 0 Å². The van der Waals surface area contributed by atoms with Crippen LogP contribution >= 0.6 is 0 Å². The maximum absolute atomic E-state index is 12.0. The van der Waals surface area contributed by atoms with Crippen molar-refractivity contribution < 1.29 is 29.3 Å². The number of ether oxygens (including phenoxy) is 2. The molecule has 0 heterocycles. The lowest BCUT2D eigenvalue weighted by Gasteiger charge is -2.33. The van der Waals surface area contributed by atoms with Gasteiger partial charge in [-0.05, 0) is 61.5 Å². The zero-order valence-electron chi connectivity index (χ0n) is 21.9. The molecule has 1 aromatic carbocycles. The molecule has 0 unspecified atom stereocenters. The van der Waals surface area contributed by atoms with Crippen LogP contribution in [0.4, 0.5) is 0 Å². The van der Waals surface area contributed by atoms with Crippen LogP contribution in [0.15, 0.2) is 48.6 Å². The first-order chi connectivity index (χ1) is 17.4. The Morgan fingerprint density at radius 3 is 1.89 bits per heavy atom. The third-order valence-electron chi connectivity index (χ3n) is 7.27. The maximum Gasteiger partial charge on any atom is 0.335 e. The number of rotatable bonds is 16. The topological polar surface area (TPSA) is 93.1 Å². The van der Waals surface area contributed by atoms with Crippen LogP contribution in [0.2, 0.25) is 0 Å². The number of benzene rings is 1. The van der Waals surface area contributed by atoms with Gasteiger partial charge in [-0.15, -0.1) is 0 Å². The Morgan fingerprint density at radius 2 is 1.39 bits per heavy atom. The second kappa shape index (κ2) is 16.3. The number of unbranched alkanes of at least 4 members (excludes halogenated alkanes) is 4. The first-order valence-corrected chi connectivity index (χ1v) is 13.4. The summed E-state index contributed by atoms with van der Waals surface area (Å²) < 4.78 is 10.7. The Labute approximate surface area is 216 Å². The minimum Gasteiger partial charge on any atom is -0.462 e. The molecule has 0 saturated heterocycles. The van der Waals surface area contributed by atoms with Gasteiger partial charge in [-0.3, -0.25) is 0 Å². The fourth-order valence-corrected chi connectivity index (χ4v) is 4.83. The average Bonchev–Trinajstić information content (AvgIpc) is 2.92. The van der Waals surface area contributed by atoms with Crippen molar-refractivity contribution in [3.63, 3.8) is 0 Å². The molecule has 6 heteroatoms. The Bertz CT molecular complexity index is 804. The first kappa shape index (κ1) is 29.8. The van der Waals surface area contributed by atoms with Gasteiger partial charge in [0.1, 0.15) is 0 Å². The molecule has 1 aliphatic rings. The number of carbonyl (C=O) groups excluding carboxylic acids is 2. The molecule has 2 rings (SSSR count). The van der Waals surface area contributed by atoms with Gasteiger partial charge in [-0.25, -0.2) is 9.59 Å². The highest BCUT2D eigenvalue weighted by Crippen LogP contribution is 2.39. The van der Waals surface area contributed by atoms with Crippen LogP contribution in [0.3, 0.4) is 0 Å². The van der Waals surface area contributed by atoms with Crippen molar-refractivity contribution in [2.75, 3.05) is 26.4 Å². The molecular formula is C30H44O6. The van der Waals surface area contributed by atoms with Gasteiger partial charge in [0, 0.05) is 5.92 Å². The molecule has 1 aromatic rings. The highest BCUT2D eigenvalue weighted by molar-refractivity contribution is 5.88. The number of carbonyl (C=O) groups is 2. The predicted molar refractivity (Wildman–Crippen MR) is 141 cm³/mol. The van der Waals surface area contributed by atoms with E-state index in [0.717, 1.165) is 32.1 Å². The number of hydrogen-bond acceptors (Lipinski definition) is 6. The van der Waals surface area contributed by atoms with E-state index in [1.54, 1.807) is 0 Å². The van der Waals surface area contributed by atoms with Crippen molar-refractivity contribution in [2.24, 2.45) is 11.8 Å². The van der Waals surface area contributed by atoms with Crippen molar-refractivity contribution in [3.8, 4) is 0 Å². The van der Waals surface area contributed by atoms with Crippen molar-refractivity contribution in [2.45, 2.75) is 77.0 Å². The maximum atomic E-state index is 12.0. The third kappa shape index (κ3) is 9.90. The molecule has 36 heavy (non-hydrogen) atoms. The first-order valence-electron chi connectivity index (χ1n) is 13.4. The van der Waals surface area contributed by atoms with E-state index in [2.05, 4.69) is 44.3 Å². The lowest BCUT2D eigenvalue weighted by molar-refractivity contribution is -0.146. The number of hydrogen-bond donors (Lipinski definition) is 2. The highest BCUT2D eigenvalue weighted by Gasteiger charge is 2.30. The van der Waals surface area contributed by atoms with Gasteiger partial charge >= 0.3 is 11.9 Å². The molecule has 0 radical (unpaired) electrons. The fourth-order valence-electron chi connectivity index (χ4n) is 4.83. The van der Waals surface area contributed by atoms with E-state index in [4.69, 9.17) is 19.7 Å². The van der Waals surface area contributed by atoms with Crippen LogP contribution in [-0.2, 0) is 25.5 Å². The van der Waals surface area contributed by atoms with E-state index in [-0.39, 0.29) is 36.2 Å². The minimum atomic E-state index is -0.646. The molecule has 0 atom stereocenters. The smallest absolute Gasteiger partial charge is 0.335 e. The summed E-state index contributed by atoms with van der Waals surface area (Å²) in [7, 11) is 0. The third-order valence-corrected chi connectivity index (χ3v) is 7.27. The highest BCUT2D eigenvalue weighted by atomic mass is 16.5. The van der Waals surface area contributed by atoms with Crippen molar-refractivity contribution in [1.82, 2.24) is 0 Å². The molecule has 1 aliphatic carbocycles. The summed E-state index contributed by atoms with van der Waals surface area (Å²) >= 11 is 0. The lowest BCUT2D eigenvalue weighted by Crippen LogP contribution is -2.31. The van der Waals surface area contributed by atoms with E-state index >= 15 is 0 Å². The Balaban J connectivity index is 1.90. The molecular weight excluding hydrogens is 456 g/mol. The summed E-state index contributed by atoms with van der Waals surface area (Å²) in [6.45, 7) is 8.48. The normalized spacial score (nSPS) is 17.6. The molecule has 0 bridgehead atoms. The molecule has 1 fully saturated rings. The predicted octanol–water partition coefficient (Wildman–Crippen LogP) is 5.27. The van der Waals surface area contributed by atoms with Gasteiger partial charge in [-0.2, -0.15) is 0 Å². The molecule has 0 aliphatic heterocycles. The number of aliphatic hydroxyl groups excluding tert-OH is 2. The quantitative estimate of drug-likeness (QED) is 0.182. The van der Waals surface area contributed by atoms with Crippen molar-refractivity contribution in [1.29, 1.82) is 0 Å². The SMILES string of the molecule is C=C(CO)C(=O)OCC(COC(=O)C(=C)CO)C1CCC(c2ccc(CCCCCCC)cc2)CC1. The average molecular weight is 501 g/mol. The molecule has 200 valence electrons. The standard InChI is InChI=1S/C30H44O6/c1-4-5-6-7-8-9-24-10-12-25(13-11-24)26-14-16-27(17-15-26)28(20-35-29(33)22(2)18-31)21-36-30(34)23(3)19-32/h10-13,26-28,31-32H,2-9,14-21H2,1H3. The number of aliphatic hydroxyl groups is 2. The second-order valence-electron chi connectivity index (χ2n) is 10.00.